The van der Waals surface area contributed by atoms with Gasteiger partial charge in [0, 0.05) is 13.1 Å². The molecular formula is C15H23N3O. The third-order valence-corrected chi connectivity index (χ3v) is 4.19. The van der Waals surface area contributed by atoms with Crippen molar-refractivity contribution in [3.63, 3.8) is 0 Å². The Balaban J connectivity index is 2.12. The van der Waals surface area contributed by atoms with Crippen LogP contribution in [0, 0.1) is 12.8 Å². The van der Waals surface area contributed by atoms with Crippen molar-refractivity contribution in [1.29, 1.82) is 0 Å². The molecule has 2 N–H and O–H groups in total. The van der Waals surface area contributed by atoms with Crippen LogP contribution in [-0.2, 0) is 0 Å². The maximum atomic E-state index is 12.5. The molecule has 19 heavy (non-hydrogen) atoms. The summed E-state index contributed by atoms with van der Waals surface area (Å²) in [5, 5.41) is 0. The SMILES string of the molecule is Cc1ncc(N)cc1C(=O)N(C)C1CCC(C)CC1. The number of nitrogen functional groups attached to an aromatic ring is 1. The molecule has 4 heteroatoms. The smallest absolute Gasteiger partial charge is 0.255 e. The summed E-state index contributed by atoms with van der Waals surface area (Å²) in [6.45, 7) is 4.13. The van der Waals surface area contributed by atoms with Crippen molar-refractivity contribution in [1.82, 2.24) is 9.88 Å². The number of nitrogens with two attached hydrogens (primary N) is 1. The number of nitrogens with zero attached hydrogens (tertiary/aromatic N) is 2. The number of amides is 1. The summed E-state index contributed by atoms with van der Waals surface area (Å²) in [4.78, 5) is 18.6. The molecular weight excluding hydrogens is 238 g/mol. The van der Waals surface area contributed by atoms with Crippen LogP contribution in [0.5, 0.6) is 0 Å². The zero-order valence-electron chi connectivity index (χ0n) is 12.0. The van der Waals surface area contributed by atoms with Gasteiger partial charge >= 0.3 is 0 Å². The third-order valence-electron chi connectivity index (χ3n) is 4.19. The Morgan fingerprint density at radius 3 is 2.63 bits per heavy atom. The summed E-state index contributed by atoms with van der Waals surface area (Å²) >= 11 is 0. The molecule has 1 aliphatic carbocycles. The third kappa shape index (κ3) is 3.06. The minimum absolute atomic E-state index is 0.0388. The summed E-state index contributed by atoms with van der Waals surface area (Å²) in [5.74, 6) is 0.826. The molecule has 1 aliphatic rings. The zero-order chi connectivity index (χ0) is 14.0. The molecule has 1 heterocycles. The van der Waals surface area contributed by atoms with E-state index in [-0.39, 0.29) is 5.91 Å². The van der Waals surface area contributed by atoms with Crippen LogP contribution in [0.1, 0.15) is 48.7 Å². The van der Waals surface area contributed by atoms with Gasteiger partial charge in [0.15, 0.2) is 0 Å². The molecule has 0 unspecified atom stereocenters. The van der Waals surface area contributed by atoms with Gasteiger partial charge in [-0.05, 0) is 44.6 Å². The predicted octanol–water partition coefficient (Wildman–Crippen LogP) is 2.62. The van der Waals surface area contributed by atoms with E-state index in [1.165, 1.54) is 12.8 Å². The largest absolute Gasteiger partial charge is 0.397 e. The highest BCUT2D eigenvalue weighted by Crippen LogP contribution is 2.27. The van der Waals surface area contributed by atoms with Crippen LogP contribution in [0.25, 0.3) is 0 Å². The molecule has 0 aromatic carbocycles. The monoisotopic (exact) mass is 261 g/mol. The van der Waals surface area contributed by atoms with Crippen molar-refractivity contribution < 1.29 is 4.79 Å². The molecule has 104 valence electrons. The van der Waals surface area contributed by atoms with Gasteiger partial charge in [0.05, 0.1) is 23.1 Å². The molecule has 0 aliphatic heterocycles. The van der Waals surface area contributed by atoms with E-state index in [1.54, 1.807) is 12.3 Å². The number of carbonyl (C=O) groups excluding carboxylic acids is 1. The molecule has 1 saturated carbocycles. The normalized spacial score (nSPS) is 23.1. The van der Waals surface area contributed by atoms with E-state index < -0.39 is 0 Å². The molecule has 2 rings (SSSR count). The van der Waals surface area contributed by atoms with Crippen LogP contribution in [0.4, 0.5) is 5.69 Å². The Labute approximate surface area is 115 Å². The molecule has 0 spiro atoms. The highest BCUT2D eigenvalue weighted by Gasteiger charge is 2.26. The maximum Gasteiger partial charge on any atom is 0.255 e. The van der Waals surface area contributed by atoms with E-state index in [1.807, 2.05) is 18.9 Å². The molecule has 1 aromatic heterocycles. The first-order valence-corrected chi connectivity index (χ1v) is 6.98. The average Bonchev–Trinajstić information content (AvgIpc) is 2.41. The predicted molar refractivity (Wildman–Crippen MR) is 76.9 cm³/mol. The summed E-state index contributed by atoms with van der Waals surface area (Å²) in [7, 11) is 1.89. The van der Waals surface area contributed by atoms with E-state index >= 15 is 0 Å². The van der Waals surface area contributed by atoms with Crippen LogP contribution >= 0.6 is 0 Å². The zero-order valence-corrected chi connectivity index (χ0v) is 12.0. The van der Waals surface area contributed by atoms with E-state index in [2.05, 4.69) is 11.9 Å². The molecule has 0 atom stereocenters. The van der Waals surface area contributed by atoms with Gasteiger partial charge in [-0.1, -0.05) is 6.92 Å². The topological polar surface area (TPSA) is 59.2 Å². The summed E-state index contributed by atoms with van der Waals surface area (Å²) in [6, 6.07) is 2.08. The minimum atomic E-state index is 0.0388. The van der Waals surface area contributed by atoms with Crippen molar-refractivity contribution in [2.75, 3.05) is 12.8 Å². The van der Waals surface area contributed by atoms with Crippen LogP contribution in [-0.4, -0.2) is 28.9 Å². The first-order valence-electron chi connectivity index (χ1n) is 6.98. The van der Waals surface area contributed by atoms with Gasteiger partial charge in [0.1, 0.15) is 0 Å². The Hall–Kier alpha value is -1.58. The van der Waals surface area contributed by atoms with E-state index in [4.69, 9.17) is 5.73 Å². The Bertz CT molecular complexity index is 464. The fourth-order valence-electron chi connectivity index (χ4n) is 2.75. The van der Waals surface area contributed by atoms with Crippen molar-refractivity contribution in [2.24, 2.45) is 5.92 Å². The van der Waals surface area contributed by atoms with Crippen molar-refractivity contribution in [3.8, 4) is 0 Å². The lowest BCUT2D eigenvalue weighted by Crippen LogP contribution is -2.39. The number of hydrogen-bond acceptors (Lipinski definition) is 3. The second-order valence-electron chi connectivity index (χ2n) is 5.73. The molecule has 1 fully saturated rings. The number of aryl methyl sites for hydroxylation is 1. The van der Waals surface area contributed by atoms with Gasteiger partial charge in [-0.2, -0.15) is 0 Å². The molecule has 0 bridgehead atoms. The number of aromatic nitrogens is 1. The molecule has 1 aromatic rings. The van der Waals surface area contributed by atoms with Crippen LogP contribution < -0.4 is 5.73 Å². The first-order chi connectivity index (χ1) is 8.99. The number of pyridine rings is 1. The van der Waals surface area contributed by atoms with Crippen molar-refractivity contribution in [3.05, 3.63) is 23.5 Å². The molecule has 4 nitrogen and oxygen atoms in total. The Morgan fingerprint density at radius 1 is 1.37 bits per heavy atom. The quantitative estimate of drug-likeness (QED) is 0.890. The van der Waals surface area contributed by atoms with Gasteiger partial charge in [-0.15, -0.1) is 0 Å². The standard InChI is InChI=1S/C15H23N3O/c1-10-4-6-13(7-5-10)18(3)15(19)14-8-12(16)9-17-11(14)2/h8-10,13H,4-7,16H2,1-3H3. The maximum absolute atomic E-state index is 12.5. The van der Waals surface area contributed by atoms with Gasteiger partial charge < -0.3 is 10.6 Å². The lowest BCUT2D eigenvalue weighted by Gasteiger charge is -2.33. The number of anilines is 1. The molecule has 0 saturated heterocycles. The lowest BCUT2D eigenvalue weighted by molar-refractivity contribution is 0.0678. The van der Waals surface area contributed by atoms with E-state index in [9.17, 15) is 4.79 Å². The van der Waals surface area contributed by atoms with Gasteiger partial charge in [0.25, 0.3) is 5.91 Å². The van der Waals surface area contributed by atoms with Crippen LogP contribution in [0.3, 0.4) is 0 Å². The van der Waals surface area contributed by atoms with Gasteiger partial charge in [-0.25, -0.2) is 0 Å². The highest BCUT2D eigenvalue weighted by molar-refractivity contribution is 5.96. The second-order valence-corrected chi connectivity index (χ2v) is 5.73. The van der Waals surface area contributed by atoms with Crippen LogP contribution in [0.2, 0.25) is 0 Å². The number of carbonyl (C=O) groups is 1. The van der Waals surface area contributed by atoms with Crippen molar-refractivity contribution >= 4 is 11.6 Å². The summed E-state index contributed by atoms with van der Waals surface area (Å²) in [5.41, 5.74) is 7.64. The fraction of sp³-hybridized carbons (Fsp3) is 0.600. The Kier molecular flexibility index (Phi) is 4.08. The summed E-state index contributed by atoms with van der Waals surface area (Å²) in [6.07, 6.45) is 6.19. The second kappa shape index (κ2) is 5.59. The highest BCUT2D eigenvalue weighted by atomic mass is 16.2. The molecule has 0 radical (unpaired) electrons. The van der Waals surface area contributed by atoms with E-state index in [0.29, 0.717) is 17.3 Å². The number of rotatable bonds is 2. The Morgan fingerprint density at radius 2 is 2.00 bits per heavy atom. The van der Waals surface area contributed by atoms with E-state index in [0.717, 1.165) is 24.5 Å². The first kappa shape index (κ1) is 13.8. The lowest BCUT2D eigenvalue weighted by atomic mass is 9.86. The molecule has 1 amide bonds. The average molecular weight is 261 g/mol. The minimum Gasteiger partial charge on any atom is -0.397 e. The fourth-order valence-corrected chi connectivity index (χ4v) is 2.75. The van der Waals surface area contributed by atoms with Gasteiger partial charge in [0.2, 0.25) is 0 Å². The number of hydrogen-bond donors (Lipinski definition) is 1. The van der Waals surface area contributed by atoms with Crippen LogP contribution in [0.15, 0.2) is 12.3 Å². The van der Waals surface area contributed by atoms with Crippen molar-refractivity contribution in [2.45, 2.75) is 45.6 Å². The van der Waals surface area contributed by atoms with Gasteiger partial charge in [-0.3, -0.25) is 9.78 Å². The summed E-state index contributed by atoms with van der Waals surface area (Å²) < 4.78 is 0.